The van der Waals surface area contributed by atoms with Crippen molar-refractivity contribution in [3.8, 4) is 0 Å². The standard InChI is InChI=1S/C56H91N13O10/c1-6-7-8-9-13-16-39(70)33-48(71)62-40(21-25-57)50(73)65-43-24-28-61-49(72)44(29-34(2)3)66-55(78)47(32-37-17-19-38(60)20-18-37)69-52(75)42(23-27-59)64-54(77)45(30-35(4)5)67-56(79)46(31-36-14-11-10-12-15-36)68-51(74)41(22-26-58)63-53(43)76/h10-12,14-15,17-20,34-35,39-47,70H,6-9,13,16,21-33,57-60H2,1-5H3,(H,61,72)(H,62,71)(H,63,76)(H,64,77)(H,65,73)(H,66,78)(H,67,79)(H,68,74)(H,69,75)/t39-,40-,41+,42+,43+,44+,45+,46-,47+/m1/s1. The minimum atomic E-state index is -1.48. The summed E-state index contributed by atoms with van der Waals surface area (Å²) >= 11 is 0. The van der Waals surface area contributed by atoms with Gasteiger partial charge in [-0.05, 0) is 99.7 Å². The monoisotopic (exact) mass is 1110 g/mol. The number of amides is 9. The minimum absolute atomic E-state index is 0.0492. The first-order valence-corrected chi connectivity index (χ1v) is 28.0. The summed E-state index contributed by atoms with van der Waals surface area (Å²) in [6.07, 6.45) is 3.47. The molecule has 0 spiro atoms. The van der Waals surface area contributed by atoms with Gasteiger partial charge >= 0.3 is 0 Å². The molecule has 2 aromatic rings. The van der Waals surface area contributed by atoms with Gasteiger partial charge in [-0.15, -0.1) is 0 Å². The predicted octanol–water partition coefficient (Wildman–Crippen LogP) is -0.298. The van der Waals surface area contributed by atoms with Gasteiger partial charge in [0.05, 0.1) is 12.5 Å². The van der Waals surface area contributed by atoms with Crippen molar-refractivity contribution in [3.05, 3.63) is 65.7 Å². The lowest BCUT2D eigenvalue weighted by molar-refractivity contribution is -0.136. The van der Waals surface area contributed by atoms with Gasteiger partial charge in [-0.25, -0.2) is 0 Å². The molecule has 18 N–H and O–H groups in total. The van der Waals surface area contributed by atoms with Crippen LogP contribution < -0.4 is 70.8 Å². The van der Waals surface area contributed by atoms with Gasteiger partial charge in [0.1, 0.15) is 48.3 Å². The molecule has 0 bridgehead atoms. The molecule has 23 nitrogen and oxygen atoms in total. The second kappa shape index (κ2) is 35.7. The van der Waals surface area contributed by atoms with Crippen LogP contribution >= 0.6 is 0 Å². The quantitative estimate of drug-likeness (QED) is 0.0449. The van der Waals surface area contributed by atoms with E-state index in [0.29, 0.717) is 23.2 Å². The lowest BCUT2D eigenvalue weighted by atomic mass is 9.99. The molecule has 1 heterocycles. The number of nitrogen functional groups attached to an aromatic ring is 1. The van der Waals surface area contributed by atoms with Crippen LogP contribution in [0.2, 0.25) is 0 Å². The lowest BCUT2D eigenvalue weighted by Gasteiger charge is -2.28. The molecule has 1 saturated heterocycles. The molecule has 1 aliphatic heterocycles. The van der Waals surface area contributed by atoms with Crippen LogP contribution in [0.25, 0.3) is 0 Å². The Morgan fingerprint density at radius 2 is 1.05 bits per heavy atom. The molecule has 79 heavy (non-hydrogen) atoms. The lowest BCUT2D eigenvalue weighted by Crippen LogP contribution is -2.61. The SMILES string of the molecule is CCCCCCC[C@@H](O)CC(=O)N[C@H](CCN)C(=O)N[C@H]1CCNC(=O)[C@H](CC(C)C)NC(=O)[C@H](Cc2ccc(N)cc2)NC(=O)[C@H](CCN)NC(=O)[C@H](CC(C)C)NC(=O)[C@@H](Cc2ccccc2)NC(=O)[C@H](CCN)NC1=O. The third kappa shape index (κ3) is 24.9. The summed E-state index contributed by atoms with van der Waals surface area (Å²) in [5.41, 5.74) is 25.5. The summed E-state index contributed by atoms with van der Waals surface area (Å²) in [5.74, 6) is -7.13. The number of anilines is 1. The third-order valence-corrected chi connectivity index (χ3v) is 13.4. The Kier molecular flexibility index (Phi) is 30.1. The molecule has 2 aromatic carbocycles. The number of unbranched alkanes of at least 4 members (excludes halogenated alkanes) is 4. The molecule has 0 radical (unpaired) electrons. The van der Waals surface area contributed by atoms with E-state index in [2.05, 4.69) is 54.8 Å². The van der Waals surface area contributed by atoms with Crippen molar-refractivity contribution in [1.82, 2.24) is 47.9 Å². The molecule has 440 valence electrons. The van der Waals surface area contributed by atoms with Crippen molar-refractivity contribution in [1.29, 1.82) is 0 Å². The number of aliphatic hydroxyl groups excluding tert-OH is 1. The van der Waals surface area contributed by atoms with Crippen LogP contribution in [-0.2, 0) is 56.0 Å². The topological polar surface area (TPSA) is 386 Å². The Hall–Kier alpha value is -6.69. The molecule has 0 aromatic heterocycles. The van der Waals surface area contributed by atoms with Crippen LogP contribution in [0.1, 0.15) is 129 Å². The third-order valence-electron chi connectivity index (χ3n) is 13.4. The molecule has 9 atom stereocenters. The molecule has 1 aliphatic rings. The van der Waals surface area contributed by atoms with Gasteiger partial charge in [0.2, 0.25) is 53.2 Å². The number of rotatable bonds is 25. The number of hydrogen-bond donors (Lipinski definition) is 14. The first kappa shape index (κ1) is 66.6. The Bertz CT molecular complexity index is 2250. The van der Waals surface area contributed by atoms with Crippen molar-refractivity contribution < 1.29 is 48.3 Å². The number of nitrogens with two attached hydrogens (primary N) is 4. The highest BCUT2D eigenvalue weighted by Crippen LogP contribution is 2.15. The fraction of sp³-hybridized carbons (Fsp3) is 0.625. The highest BCUT2D eigenvalue weighted by atomic mass is 16.3. The van der Waals surface area contributed by atoms with E-state index in [-0.39, 0.29) is 95.8 Å². The van der Waals surface area contributed by atoms with E-state index in [1.807, 2.05) is 27.7 Å². The molecule has 0 unspecified atom stereocenters. The first-order valence-electron chi connectivity index (χ1n) is 28.0. The molecular weight excluding hydrogens is 1010 g/mol. The largest absolute Gasteiger partial charge is 0.399 e. The molecule has 9 amide bonds. The van der Waals surface area contributed by atoms with Crippen molar-refractivity contribution in [2.45, 2.75) is 185 Å². The van der Waals surface area contributed by atoms with Crippen molar-refractivity contribution in [2.24, 2.45) is 29.0 Å². The number of carbonyl (C=O) groups excluding carboxylic acids is 9. The smallest absolute Gasteiger partial charge is 0.243 e. The van der Waals surface area contributed by atoms with Gasteiger partial charge in [0.15, 0.2) is 0 Å². The summed E-state index contributed by atoms with van der Waals surface area (Å²) in [7, 11) is 0. The second-order valence-electron chi connectivity index (χ2n) is 21.3. The van der Waals surface area contributed by atoms with Crippen LogP contribution in [-0.4, -0.2) is 139 Å². The summed E-state index contributed by atoms with van der Waals surface area (Å²) in [5, 5.41) is 35.1. The van der Waals surface area contributed by atoms with E-state index in [1.54, 1.807) is 54.6 Å². The molecule has 23 heteroatoms. The number of benzene rings is 2. The van der Waals surface area contributed by atoms with Crippen LogP contribution in [0.4, 0.5) is 5.69 Å². The molecule has 3 rings (SSSR count). The van der Waals surface area contributed by atoms with Crippen molar-refractivity contribution >= 4 is 58.9 Å². The fourth-order valence-corrected chi connectivity index (χ4v) is 9.06. The molecule has 1 fully saturated rings. The molecule has 0 saturated carbocycles. The summed E-state index contributed by atoms with van der Waals surface area (Å²) in [4.78, 5) is 128. The maximum Gasteiger partial charge on any atom is 0.243 e. The Balaban J connectivity index is 2.14. The van der Waals surface area contributed by atoms with Gasteiger partial charge in [-0.1, -0.05) is 109 Å². The van der Waals surface area contributed by atoms with E-state index in [9.17, 15) is 48.3 Å². The second-order valence-corrected chi connectivity index (χ2v) is 21.3. The number of hydrogen-bond acceptors (Lipinski definition) is 14. The average Bonchev–Trinajstić information content (AvgIpc) is 3.39. The zero-order valence-electron chi connectivity index (χ0n) is 46.9. The van der Waals surface area contributed by atoms with E-state index < -0.39 is 108 Å². The molecule has 0 aliphatic carbocycles. The van der Waals surface area contributed by atoms with Gasteiger partial charge in [-0.3, -0.25) is 43.2 Å². The minimum Gasteiger partial charge on any atom is -0.399 e. The van der Waals surface area contributed by atoms with Gasteiger partial charge in [0, 0.05) is 25.1 Å². The zero-order chi connectivity index (χ0) is 58.4. The molecular formula is C56H91N13O10. The maximum atomic E-state index is 14.5. The zero-order valence-corrected chi connectivity index (χ0v) is 46.9. The number of nitrogens with one attached hydrogen (secondary N) is 9. The Morgan fingerprint density at radius 1 is 0.582 bits per heavy atom. The first-order chi connectivity index (χ1) is 37.7. The highest BCUT2D eigenvalue weighted by Gasteiger charge is 2.36. The van der Waals surface area contributed by atoms with Crippen LogP contribution in [0.3, 0.4) is 0 Å². The Morgan fingerprint density at radius 3 is 1.57 bits per heavy atom. The van der Waals surface area contributed by atoms with Crippen LogP contribution in [0, 0.1) is 11.8 Å². The van der Waals surface area contributed by atoms with Crippen LogP contribution in [0.5, 0.6) is 0 Å². The van der Waals surface area contributed by atoms with Gasteiger partial charge in [-0.2, -0.15) is 0 Å². The normalized spacial score (nSPS) is 22.3. The van der Waals surface area contributed by atoms with E-state index in [4.69, 9.17) is 22.9 Å². The summed E-state index contributed by atoms with van der Waals surface area (Å²) in [6, 6.07) is 4.89. The van der Waals surface area contributed by atoms with Gasteiger partial charge in [0.25, 0.3) is 0 Å². The average molecular weight is 1110 g/mol. The van der Waals surface area contributed by atoms with E-state index in [1.165, 1.54) is 0 Å². The predicted molar refractivity (Wildman–Crippen MR) is 302 cm³/mol. The van der Waals surface area contributed by atoms with Crippen molar-refractivity contribution in [3.63, 3.8) is 0 Å². The summed E-state index contributed by atoms with van der Waals surface area (Å²) in [6.45, 7) is 8.94. The maximum absolute atomic E-state index is 14.5. The highest BCUT2D eigenvalue weighted by molar-refractivity contribution is 5.98. The van der Waals surface area contributed by atoms with E-state index >= 15 is 0 Å². The summed E-state index contributed by atoms with van der Waals surface area (Å²) < 4.78 is 0. The van der Waals surface area contributed by atoms with E-state index in [0.717, 1.165) is 32.1 Å². The number of carbonyl (C=O) groups is 9. The Labute approximate surface area is 465 Å². The number of aliphatic hydroxyl groups is 1. The van der Waals surface area contributed by atoms with Gasteiger partial charge < -0.3 is 75.9 Å². The van der Waals surface area contributed by atoms with Crippen molar-refractivity contribution in [2.75, 3.05) is 31.9 Å². The fourth-order valence-electron chi connectivity index (χ4n) is 9.06. The van der Waals surface area contributed by atoms with Crippen LogP contribution in [0.15, 0.2) is 54.6 Å².